The molecule has 0 heterocycles. The Hall–Kier alpha value is -2.86. The lowest BCUT2D eigenvalue weighted by atomic mass is 10.2. The predicted octanol–water partition coefficient (Wildman–Crippen LogP) is 2.19. The van der Waals surface area contributed by atoms with E-state index in [2.05, 4.69) is 4.74 Å². The van der Waals surface area contributed by atoms with Crippen molar-refractivity contribution in [2.24, 2.45) is 0 Å². The van der Waals surface area contributed by atoms with E-state index in [1.54, 1.807) is 48.5 Å². The van der Waals surface area contributed by atoms with Gasteiger partial charge in [-0.15, -0.1) is 0 Å². The Bertz CT molecular complexity index is 609. The Balaban J connectivity index is 0.000000220. The fourth-order valence-corrected chi connectivity index (χ4v) is 1.54. The third-order valence-corrected chi connectivity index (χ3v) is 2.54. The molecule has 2 aromatic carbocycles. The molecule has 22 heavy (non-hydrogen) atoms. The van der Waals surface area contributed by atoms with Crippen LogP contribution >= 0.6 is 0 Å². The zero-order valence-corrected chi connectivity index (χ0v) is 11.9. The van der Waals surface area contributed by atoms with Crippen LogP contribution in [0, 0.1) is 0 Å². The smallest absolute Gasteiger partial charge is 0.340 e. The highest BCUT2D eigenvalue weighted by Crippen LogP contribution is 2.16. The van der Waals surface area contributed by atoms with Crippen LogP contribution in [-0.4, -0.2) is 36.1 Å². The van der Waals surface area contributed by atoms with Gasteiger partial charge in [-0.05, 0) is 24.3 Å². The molecule has 0 saturated heterocycles. The van der Waals surface area contributed by atoms with Gasteiger partial charge in [0.2, 0.25) is 0 Å². The summed E-state index contributed by atoms with van der Waals surface area (Å²) in [4.78, 5) is 21.4. The molecule has 0 unspecified atom stereocenters. The van der Waals surface area contributed by atoms with Crippen molar-refractivity contribution in [1.29, 1.82) is 0 Å². The van der Waals surface area contributed by atoms with Crippen LogP contribution in [0.1, 0.15) is 20.7 Å². The van der Waals surface area contributed by atoms with Gasteiger partial charge in [-0.25, -0.2) is 9.59 Å². The molecule has 0 saturated carbocycles. The average Bonchev–Trinajstić information content (AvgIpc) is 2.56. The van der Waals surface area contributed by atoms with Gasteiger partial charge in [-0.3, -0.25) is 0 Å². The molecule has 0 amide bonds. The van der Waals surface area contributed by atoms with Gasteiger partial charge in [-0.2, -0.15) is 0 Å². The molecule has 6 heteroatoms. The van der Waals surface area contributed by atoms with Crippen LogP contribution in [0.5, 0.6) is 5.75 Å². The topological polar surface area (TPSA) is 93.1 Å². The van der Waals surface area contributed by atoms with Crippen molar-refractivity contribution in [3.63, 3.8) is 0 Å². The first-order valence-electron chi connectivity index (χ1n) is 6.29. The Morgan fingerprint density at radius 2 is 1.59 bits per heavy atom. The Morgan fingerprint density at radius 1 is 1.00 bits per heavy atom. The molecule has 0 bridgehead atoms. The van der Waals surface area contributed by atoms with Crippen molar-refractivity contribution in [2.45, 2.75) is 0 Å². The lowest BCUT2D eigenvalue weighted by Crippen LogP contribution is -2.04. The number of aromatic carboxylic acids is 1. The van der Waals surface area contributed by atoms with Crippen LogP contribution in [0.3, 0.4) is 0 Å². The number of aliphatic hydroxyl groups is 1. The number of carbonyl (C=O) groups excluding carboxylic acids is 1. The van der Waals surface area contributed by atoms with Crippen LogP contribution in [-0.2, 0) is 4.74 Å². The molecule has 2 N–H and O–H groups in total. The summed E-state index contributed by atoms with van der Waals surface area (Å²) in [6.07, 6.45) is 0. The van der Waals surface area contributed by atoms with Crippen molar-refractivity contribution < 1.29 is 29.3 Å². The van der Waals surface area contributed by atoms with Crippen LogP contribution in [0.25, 0.3) is 0 Å². The molecule has 0 atom stereocenters. The van der Waals surface area contributed by atoms with Crippen LogP contribution in [0.15, 0.2) is 54.6 Å². The van der Waals surface area contributed by atoms with E-state index >= 15 is 0 Å². The second kappa shape index (κ2) is 9.15. The minimum atomic E-state index is -0.970. The molecule has 0 aromatic heterocycles. The molecule has 116 valence electrons. The number of hydrogen-bond acceptors (Lipinski definition) is 5. The Labute approximate surface area is 127 Å². The summed E-state index contributed by atoms with van der Waals surface area (Å²) in [5, 5.41) is 16.9. The molecule has 6 nitrogen and oxygen atoms in total. The highest BCUT2D eigenvalue weighted by atomic mass is 16.6. The van der Waals surface area contributed by atoms with Crippen LogP contribution < -0.4 is 4.74 Å². The quantitative estimate of drug-likeness (QED) is 0.664. The average molecular weight is 304 g/mol. The van der Waals surface area contributed by atoms with E-state index in [0.717, 1.165) is 0 Å². The fourth-order valence-electron chi connectivity index (χ4n) is 1.54. The maximum atomic E-state index is 10.9. The summed E-state index contributed by atoms with van der Waals surface area (Å²) in [7, 11) is 1.45. The number of aliphatic hydroxyl groups excluding tert-OH is 1. The van der Waals surface area contributed by atoms with Gasteiger partial charge >= 0.3 is 11.9 Å². The summed E-state index contributed by atoms with van der Waals surface area (Å²) in [6.45, 7) is -0.576. The zero-order chi connectivity index (χ0) is 16.4. The first kappa shape index (κ1) is 17.2. The minimum absolute atomic E-state index is 0.190. The summed E-state index contributed by atoms with van der Waals surface area (Å²) in [5.41, 5.74) is 0.636. The van der Waals surface area contributed by atoms with Crippen molar-refractivity contribution in [3.8, 4) is 5.75 Å². The van der Waals surface area contributed by atoms with E-state index < -0.39 is 18.7 Å². The van der Waals surface area contributed by atoms with Gasteiger partial charge in [0.25, 0.3) is 0 Å². The van der Waals surface area contributed by atoms with Crippen LogP contribution in [0.4, 0.5) is 0 Å². The number of ether oxygens (including phenoxy) is 2. The molecule has 0 aliphatic heterocycles. The van der Waals surface area contributed by atoms with E-state index in [0.29, 0.717) is 11.3 Å². The van der Waals surface area contributed by atoms with E-state index in [-0.39, 0.29) is 5.56 Å². The first-order chi connectivity index (χ1) is 10.6. The van der Waals surface area contributed by atoms with Crippen molar-refractivity contribution in [1.82, 2.24) is 0 Å². The van der Waals surface area contributed by atoms with Crippen molar-refractivity contribution in [2.75, 3.05) is 13.9 Å². The fraction of sp³-hybridized carbons (Fsp3) is 0.125. The van der Waals surface area contributed by atoms with E-state index in [4.69, 9.17) is 14.9 Å². The Morgan fingerprint density at radius 3 is 2.09 bits per heavy atom. The number of esters is 1. The van der Waals surface area contributed by atoms with Crippen molar-refractivity contribution in [3.05, 3.63) is 65.7 Å². The standard InChI is InChI=1S/2C8H8O3/c1-11-7-5-3-2-4-6(7)8(9)10;9-6-11-8(10)7-4-2-1-3-5-7/h2-5H,1H3,(H,9,10);1-5,9H,6H2. The first-order valence-corrected chi connectivity index (χ1v) is 6.29. The number of methoxy groups -OCH3 is 1. The van der Waals surface area contributed by atoms with Gasteiger partial charge in [0.15, 0.2) is 6.79 Å². The summed E-state index contributed by atoms with van der Waals surface area (Å²) in [5.74, 6) is -1.09. The summed E-state index contributed by atoms with van der Waals surface area (Å²) < 4.78 is 9.17. The molecule has 2 rings (SSSR count). The van der Waals surface area contributed by atoms with E-state index in [9.17, 15) is 9.59 Å². The molecule has 0 fully saturated rings. The second-order valence-electron chi connectivity index (χ2n) is 3.93. The molecule has 0 spiro atoms. The minimum Gasteiger partial charge on any atom is -0.496 e. The normalized spacial score (nSPS) is 9.18. The highest BCUT2D eigenvalue weighted by molar-refractivity contribution is 5.90. The number of para-hydroxylation sites is 1. The summed E-state index contributed by atoms with van der Waals surface area (Å²) in [6, 6.07) is 15.0. The highest BCUT2D eigenvalue weighted by Gasteiger charge is 2.07. The molecular weight excluding hydrogens is 288 g/mol. The van der Waals surface area contributed by atoms with Gasteiger partial charge in [0, 0.05) is 0 Å². The number of hydrogen-bond donors (Lipinski definition) is 2. The van der Waals surface area contributed by atoms with Gasteiger partial charge in [-0.1, -0.05) is 30.3 Å². The zero-order valence-electron chi connectivity index (χ0n) is 11.9. The number of carboxylic acids is 1. The molecule has 0 aliphatic rings. The number of benzene rings is 2. The largest absolute Gasteiger partial charge is 0.496 e. The third kappa shape index (κ3) is 5.26. The molecular formula is C16H16O6. The second-order valence-corrected chi connectivity index (χ2v) is 3.93. The third-order valence-electron chi connectivity index (χ3n) is 2.54. The lowest BCUT2D eigenvalue weighted by molar-refractivity contribution is 0.00682. The SMILES string of the molecule is COc1ccccc1C(=O)O.O=C(OCO)c1ccccc1. The van der Waals surface area contributed by atoms with Crippen LogP contribution in [0.2, 0.25) is 0 Å². The van der Waals surface area contributed by atoms with Gasteiger partial charge < -0.3 is 19.7 Å². The number of carbonyl (C=O) groups is 2. The van der Waals surface area contributed by atoms with E-state index in [1.165, 1.54) is 13.2 Å². The van der Waals surface area contributed by atoms with Gasteiger partial charge in [0.1, 0.15) is 11.3 Å². The number of carboxylic acid groups (broad SMARTS) is 1. The molecule has 0 radical (unpaired) electrons. The monoisotopic (exact) mass is 304 g/mol. The number of rotatable bonds is 4. The Kier molecular flexibility index (Phi) is 7.15. The maximum absolute atomic E-state index is 10.9. The van der Waals surface area contributed by atoms with Gasteiger partial charge in [0.05, 0.1) is 12.7 Å². The predicted molar refractivity (Wildman–Crippen MR) is 78.9 cm³/mol. The lowest BCUT2D eigenvalue weighted by Gasteiger charge is -2.01. The molecule has 2 aromatic rings. The maximum Gasteiger partial charge on any atom is 0.340 e. The summed E-state index contributed by atoms with van der Waals surface area (Å²) >= 11 is 0. The van der Waals surface area contributed by atoms with Crippen molar-refractivity contribution >= 4 is 11.9 Å². The molecule has 0 aliphatic carbocycles. The van der Waals surface area contributed by atoms with E-state index in [1.807, 2.05) is 0 Å².